The van der Waals surface area contributed by atoms with Crippen LogP contribution in [0, 0.1) is 11.7 Å². The summed E-state index contributed by atoms with van der Waals surface area (Å²) in [5.74, 6) is 0.650. The normalized spacial score (nSPS) is 17.5. The van der Waals surface area contributed by atoms with Crippen molar-refractivity contribution in [2.75, 3.05) is 0 Å². The molecule has 0 fully saturated rings. The van der Waals surface area contributed by atoms with Gasteiger partial charge in [-0.25, -0.2) is 4.39 Å². The minimum Gasteiger partial charge on any atom is -0.207 e. The zero-order chi connectivity index (χ0) is 14.7. The van der Waals surface area contributed by atoms with E-state index in [2.05, 4.69) is 31.2 Å². The summed E-state index contributed by atoms with van der Waals surface area (Å²) in [6.45, 7) is 2.19. The Morgan fingerprint density at radius 3 is 2.52 bits per heavy atom. The summed E-state index contributed by atoms with van der Waals surface area (Å²) in [4.78, 5) is 0. The summed E-state index contributed by atoms with van der Waals surface area (Å²) in [6, 6.07) is 14.3. The number of benzene rings is 2. The first-order valence-electron chi connectivity index (χ1n) is 8.09. The average molecular weight is 282 g/mol. The van der Waals surface area contributed by atoms with Crippen LogP contribution in [0.1, 0.15) is 42.0 Å². The van der Waals surface area contributed by atoms with Gasteiger partial charge in [0.1, 0.15) is 5.82 Å². The maximum atomic E-state index is 13.2. The highest BCUT2D eigenvalue weighted by atomic mass is 19.1. The lowest BCUT2D eigenvalue weighted by atomic mass is 9.81. The molecule has 0 radical (unpaired) electrons. The number of hydrogen-bond donors (Lipinski definition) is 0. The Labute approximate surface area is 127 Å². The third-order valence-electron chi connectivity index (χ3n) is 4.77. The predicted octanol–water partition coefficient (Wildman–Crippen LogP) is 5.13. The molecule has 21 heavy (non-hydrogen) atoms. The van der Waals surface area contributed by atoms with Crippen LogP contribution in [0.25, 0.3) is 0 Å². The molecular formula is C20H23F. The Bertz CT molecular complexity index is 598. The van der Waals surface area contributed by atoms with E-state index in [1.807, 2.05) is 6.07 Å². The van der Waals surface area contributed by atoms with Gasteiger partial charge in [-0.2, -0.15) is 0 Å². The number of aryl methyl sites for hydroxylation is 3. The molecule has 0 heterocycles. The van der Waals surface area contributed by atoms with Crippen molar-refractivity contribution in [1.82, 2.24) is 0 Å². The SMILES string of the molecule is CCc1ccc(CCC2CCc3cc(F)ccc3C2)cc1. The first-order chi connectivity index (χ1) is 10.2. The van der Waals surface area contributed by atoms with Crippen molar-refractivity contribution in [1.29, 1.82) is 0 Å². The number of rotatable bonds is 4. The van der Waals surface area contributed by atoms with Crippen LogP contribution in [0.4, 0.5) is 4.39 Å². The third kappa shape index (κ3) is 3.53. The summed E-state index contributed by atoms with van der Waals surface area (Å²) in [6.07, 6.45) is 6.85. The van der Waals surface area contributed by atoms with E-state index in [0.29, 0.717) is 0 Å². The zero-order valence-corrected chi connectivity index (χ0v) is 12.7. The lowest BCUT2D eigenvalue weighted by Gasteiger charge is -2.24. The smallest absolute Gasteiger partial charge is 0.123 e. The van der Waals surface area contributed by atoms with E-state index in [0.717, 1.165) is 31.6 Å². The minimum absolute atomic E-state index is 0.0942. The molecule has 0 nitrogen and oxygen atoms in total. The maximum Gasteiger partial charge on any atom is 0.123 e. The van der Waals surface area contributed by atoms with Crippen LogP contribution in [0.15, 0.2) is 42.5 Å². The van der Waals surface area contributed by atoms with Crippen molar-refractivity contribution in [3.8, 4) is 0 Å². The quantitative estimate of drug-likeness (QED) is 0.729. The first kappa shape index (κ1) is 14.3. The molecule has 0 aliphatic heterocycles. The predicted molar refractivity (Wildman–Crippen MR) is 86.1 cm³/mol. The Morgan fingerprint density at radius 1 is 1.00 bits per heavy atom. The number of hydrogen-bond acceptors (Lipinski definition) is 0. The molecule has 1 aliphatic rings. The molecule has 0 saturated carbocycles. The fourth-order valence-electron chi connectivity index (χ4n) is 3.36. The highest BCUT2D eigenvalue weighted by Gasteiger charge is 2.18. The highest BCUT2D eigenvalue weighted by molar-refractivity contribution is 5.30. The Hall–Kier alpha value is -1.63. The Morgan fingerprint density at radius 2 is 1.76 bits per heavy atom. The van der Waals surface area contributed by atoms with Crippen molar-refractivity contribution in [3.05, 3.63) is 70.5 Å². The van der Waals surface area contributed by atoms with Crippen LogP contribution in [-0.4, -0.2) is 0 Å². The van der Waals surface area contributed by atoms with E-state index in [4.69, 9.17) is 0 Å². The summed E-state index contributed by atoms with van der Waals surface area (Å²) in [5.41, 5.74) is 5.43. The van der Waals surface area contributed by atoms with Crippen molar-refractivity contribution >= 4 is 0 Å². The van der Waals surface area contributed by atoms with Crippen LogP contribution >= 0.6 is 0 Å². The van der Waals surface area contributed by atoms with Gasteiger partial charge in [0, 0.05) is 0 Å². The summed E-state index contributed by atoms with van der Waals surface area (Å²) >= 11 is 0. The molecule has 1 aliphatic carbocycles. The van der Waals surface area contributed by atoms with Gasteiger partial charge in [0.15, 0.2) is 0 Å². The molecule has 1 unspecified atom stereocenters. The molecule has 0 amide bonds. The lowest BCUT2D eigenvalue weighted by molar-refractivity contribution is 0.426. The fourth-order valence-corrected chi connectivity index (χ4v) is 3.36. The molecule has 1 heteroatoms. The van der Waals surface area contributed by atoms with Crippen molar-refractivity contribution < 1.29 is 4.39 Å². The average Bonchev–Trinajstić information content (AvgIpc) is 2.53. The van der Waals surface area contributed by atoms with E-state index in [-0.39, 0.29) is 5.82 Å². The van der Waals surface area contributed by atoms with E-state index in [9.17, 15) is 4.39 Å². The van der Waals surface area contributed by atoms with E-state index < -0.39 is 0 Å². The Kier molecular flexibility index (Phi) is 4.38. The minimum atomic E-state index is -0.0942. The molecule has 0 bridgehead atoms. The van der Waals surface area contributed by atoms with Crippen molar-refractivity contribution in [2.24, 2.45) is 5.92 Å². The Balaban J connectivity index is 1.58. The van der Waals surface area contributed by atoms with Gasteiger partial charge >= 0.3 is 0 Å². The van der Waals surface area contributed by atoms with E-state index in [1.54, 1.807) is 12.1 Å². The van der Waals surface area contributed by atoms with Gasteiger partial charge in [0.25, 0.3) is 0 Å². The van der Waals surface area contributed by atoms with Gasteiger partial charge in [0.05, 0.1) is 0 Å². The first-order valence-corrected chi connectivity index (χ1v) is 8.09. The van der Waals surface area contributed by atoms with Gasteiger partial charge < -0.3 is 0 Å². The van der Waals surface area contributed by atoms with Crippen molar-refractivity contribution in [2.45, 2.75) is 45.4 Å². The lowest BCUT2D eigenvalue weighted by Crippen LogP contribution is -2.15. The standard InChI is InChI=1S/C20H23F/c1-2-15-3-5-16(6-4-15)7-8-17-9-10-19-14-20(21)12-11-18(19)13-17/h3-6,11-12,14,17H,2,7-10,13H2,1H3. The molecule has 2 aromatic rings. The van der Waals surface area contributed by atoms with Crippen LogP contribution in [0.3, 0.4) is 0 Å². The number of fused-ring (bicyclic) bond motifs is 1. The van der Waals surface area contributed by atoms with Gasteiger partial charge in [-0.1, -0.05) is 37.3 Å². The topological polar surface area (TPSA) is 0 Å². The second-order valence-electron chi connectivity index (χ2n) is 6.23. The second kappa shape index (κ2) is 6.43. The van der Waals surface area contributed by atoms with Gasteiger partial charge in [0.2, 0.25) is 0 Å². The molecule has 0 N–H and O–H groups in total. The molecule has 0 aromatic heterocycles. The second-order valence-corrected chi connectivity index (χ2v) is 6.23. The summed E-state index contributed by atoms with van der Waals surface area (Å²) in [5, 5.41) is 0. The molecule has 0 spiro atoms. The van der Waals surface area contributed by atoms with Crippen LogP contribution < -0.4 is 0 Å². The van der Waals surface area contributed by atoms with Crippen molar-refractivity contribution in [3.63, 3.8) is 0 Å². The van der Waals surface area contributed by atoms with Crippen LogP contribution in [-0.2, 0) is 25.7 Å². The third-order valence-corrected chi connectivity index (χ3v) is 4.77. The van der Waals surface area contributed by atoms with E-state index >= 15 is 0 Å². The van der Waals surface area contributed by atoms with Crippen LogP contribution in [0.5, 0.6) is 0 Å². The molecule has 3 rings (SSSR count). The molecule has 0 saturated heterocycles. The summed E-state index contributed by atoms with van der Waals surface area (Å²) in [7, 11) is 0. The largest absolute Gasteiger partial charge is 0.207 e. The molecule has 2 aromatic carbocycles. The van der Waals surface area contributed by atoms with Crippen LogP contribution in [0.2, 0.25) is 0 Å². The van der Waals surface area contributed by atoms with Gasteiger partial charge in [-0.05, 0) is 78.8 Å². The summed E-state index contributed by atoms with van der Waals surface area (Å²) < 4.78 is 13.2. The fraction of sp³-hybridized carbons (Fsp3) is 0.400. The monoisotopic (exact) mass is 282 g/mol. The van der Waals surface area contributed by atoms with Gasteiger partial charge in [-0.3, -0.25) is 0 Å². The molecule has 1 atom stereocenters. The molecule has 110 valence electrons. The van der Waals surface area contributed by atoms with Gasteiger partial charge in [-0.15, -0.1) is 0 Å². The van der Waals surface area contributed by atoms with E-state index in [1.165, 1.54) is 35.1 Å². The maximum absolute atomic E-state index is 13.2. The number of halogens is 1. The molecular weight excluding hydrogens is 259 g/mol. The highest BCUT2D eigenvalue weighted by Crippen LogP contribution is 2.29. The zero-order valence-electron chi connectivity index (χ0n) is 12.7.